The van der Waals surface area contributed by atoms with Crippen LogP contribution < -0.4 is 10.6 Å². The molecule has 5 heteroatoms. The molecule has 0 unspecified atom stereocenters. The summed E-state index contributed by atoms with van der Waals surface area (Å²) in [6, 6.07) is 58.6. The molecule has 7 aromatic carbocycles. The molecule has 0 N–H and O–H groups in total. The van der Waals surface area contributed by atoms with Crippen molar-refractivity contribution >= 4 is 44.9 Å². The van der Waals surface area contributed by atoms with E-state index in [9.17, 15) is 0 Å². The number of rotatable bonds is 5. The van der Waals surface area contributed by atoms with Crippen molar-refractivity contribution in [1.82, 2.24) is 24.1 Å². The van der Waals surface area contributed by atoms with Gasteiger partial charge in [-0.2, -0.15) is 9.97 Å². The van der Waals surface area contributed by atoms with E-state index in [0.717, 1.165) is 62.5 Å². The minimum atomic E-state index is -0.164. The summed E-state index contributed by atoms with van der Waals surface area (Å²) in [5.74, 6) is 1.87. The van der Waals surface area contributed by atoms with Gasteiger partial charge in [0.2, 0.25) is 5.95 Å². The van der Waals surface area contributed by atoms with Crippen molar-refractivity contribution < 1.29 is 0 Å². The Morgan fingerprint density at radius 2 is 1.08 bits per heavy atom. The van der Waals surface area contributed by atoms with Gasteiger partial charge in [-0.05, 0) is 64.4 Å². The Balaban J connectivity index is 1.19. The van der Waals surface area contributed by atoms with E-state index < -0.39 is 0 Å². The van der Waals surface area contributed by atoms with Gasteiger partial charge in [0, 0.05) is 49.0 Å². The normalized spacial score (nSPS) is 13.9. The summed E-state index contributed by atoms with van der Waals surface area (Å²) in [6.07, 6.45) is 6.83. The quantitative estimate of drug-likeness (QED) is 0.176. The molecule has 3 aromatic heterocycles. The van der Waals surface area contributed by atoms with Crippen LogP contribution in [0, 0.1) is 0 Å². The van der Waals surface area contributed by atoms with Crippen molar-refractivity contribution in [2.45, 2.75) is 32.1 Å². The van der Waals surface area contributed by atoms with Crippen LogP contribution in [0.15, 0.2) is 164 Å². The van der Waals surface area contributed by atoms with Gasteiger partial charge < -0.3 is 4.57 Å². The molecule has 12 rings (SSSR count). The summed E-state index contributed by atoms with van der Waals surface area (Å²) in [7, 11) is 0. The van der Waals surface area contributed by atoms with E-state index in [1.165, 1.54) is 43.8 Å². The van der Waals surface area contributed by atoms with Crippen LogP contribution in [0.4, 0.5) is 0 Å². The maximum Gasteiger partial charge on any atom is 0.238 e. The lowest BCUT2D eigenvalue weighted by molar-refractivity contribution is 0.660. The fourth-order valence-electron chi connectivity index (χ4n) is 9.88. The van der Waals surface area contributed by atoms with E-state index in [1.54, 1.807) is 0 Å². The third-order valence-corrected chi connectivity index (χ3v) is 12.6. The van der Waals surface area contributed by atoms with Crippen molar-refractivity contribution in [3.05, 3.63) is 185 Å². The van der Waals surface area contributed by atoms with Crippen LogP contribution in [0.3, 0.4) is 0 Å². The van der Waals surface area contributed by atoms with Gasteiger partial charge in [0.25, 0.3) is 0 Å². The summed E-state index contributed by atoms with van der Waals surface area (Å²) in [6.45, 7) is 4.64. The van der Waals surface area contributed by atoms with Gasteiger partial charge >= 0.3 is 0 Å². The number of aromatic nitrogens is 5. The molecule has 5 nitrogen and oxygen atoms in total. The van der Waals surface area contributed by atoms with Gasteiger partial charge in [-0.1, -0.05) is 172 Å². The number of para-hydroxylation sites is 2. The fourth-order valence-corrected chi connectivity index (χ4v) is 9.88. The molecule has 2 aliphatic carbocycles. The van der Waals surface area contributed by atoms with Crippen molar-refractivity contribution in [3.8, 4) is 56.7 Å². The summed E-state index contributed by atoms with van der Waals surface area (Å²) in [5, 5.41) is 6.06. The van der Waals surface area contributed by atoms with E-state index in [1.807, 2.05) is 0 Å². The van der Waals surface area contributed by atoms with Crippen LogP contribution in [0.5, 0.6) is 0 Å². The SMILES string of the molecule is CC1(C)c2ccccc2-c2c(-c3nc(-c4ccc(-c5ccccc5)cc4)nc(-n4c5ccccc5c5ccc6c7c(n(-c8ccccc8)c6c54)=CCCC=7)n3)cccc21. The molecule has 3 heterocycles. The second-order valence-corrected chi connectivity index (χ2v) is 16.3. The standard InChI is InChI=1S/C54H39N5/c1-54(2)44-24-12-9-22-42(44)48-43(23-15-25-45(48)54)52-55-51(36-30-28-35(29-31-36)34-16-5-3-6-17-34)56-53(57-52)59-47-27-14-11-21-39(47)41-33-32-40-38-20-10-13-26-46(38)58(49(40)50(41)59)37-18-7-4-8-19-37/h3-9,11-12,14-33H,10,13H2,1-2H3. The first-order chi connectivity index (χ1) is 29.0. The summed E-state index contributed by atoms with van der Waals surface area (Å²) < 4.78 is 4.75. The van der Waals surface area contributed by atoms with Gasteiger partial charge in [0.05, 0.1) is 16.6 Å². The molecule has 0 fully saturated rings. The third kappa shape index (κ3) is 5.01. The molecular weight excluding hydrogens is 719 g/mol. The molecule has 0 saturated heterocycles. The number of nitrogens with zero attached hydrogens (tertiary/aromatic N) is 5. The van der Waals surface area contributed by atoms with Gasteiger partial charge in [-0.25, -0.2) is 4.98 Å². The molecule has 0 saturated carbocycles. The average Bonchev–Trinajstić information content (AvgIpc) is 3.90. The number of hydrogen-bond donors (Lipinski definition) is 0. The van der Waals surface area contributed by atoms with Crippen LogP contribution >= 0.6 is 0 Å². The Morgan fingerprint density at radius 3 is 1.93 bits per heavy atom. The monoisotopic (exact) mass is 757 g/mol. The Bertz CT molecular complexity index is 3450. The largest absolute Gasteiger partial charge is 0.308 e. The summed E-state index contributed by atoms with van der Waals surface area (Å²) in [4.78, 5) is 16.4. The molecule has 0 radical (unpaired) electrons. The number of hydrogen-bond acceptors (Lipinski definition) is 3. The molecule has 10 aromatic rings. The molecule has 280 valence electrons. The number of fused-ring (bicyclic) bond motifs is 10. The van der Waals surface area contributed by atoms with Crippen LogP contribution in [-0.4, -0.2) is 24.1 Å². The van der Waals surface area contributed by atoms with Crippen molar-refractivity contribution in [2.75, 3.05) is 0 Å². The van der Waals surface area contributed by atoms with Crippen LogP contribution in [-0.2, 0) is 5.41 Å². The van der Waals surface area contributed by atoms with E-state index in [2.05, 4.69) is 199 Å². The molecule has 0 bridgehead atoms. The molecule has 0 amide bonds. The maximum absolute atomic E-state index is 5.54. The zero-order valence-corrected chi connectivity index (χ0v) is 32.9. The van der Waals surface area contributed by atoms with Crippen LogP contribution in [0.25, 0.3) is 102 Å². The highest BCUT2D eigenvalue weighted by atomic mass is 15.2. The molecule has 59 heavy (non-hydrogen) atoms. The zero-order valence-electron chi connectivity index (χ0n) is 32.9. The lowest BCUT2D eigenvalue weighted by Crippen LogP contribution is -2.30. The van der Waals surface area contributed by atoms with Crippen molar-refractivity contribution in [1.29, 1.82) is 0 Å². The minimum absolute atomic E-state index is 0.164. The first-order valence-corrected chi connectivity index (χ1v) is 20.5. The highest BCUT2D eigenvalue weighted by Gasteiger charge is 2.37. The van der Waals surface area contributed by atoms with E-state index in [-0.39, 0.29) is 5.41 Å². The zero-order chi connectivity index (χ0) is 39.2. The second kappa shape index (κ2) is 12.8. The average molecular weight is 758 g/mol. The highest BCUT2D eigenvalue weighted by molar-refractivity contribution is 6.18. The van der Waals surface area contributed by atoms with Gasteiger partial charge in [0.1, 0.15) is 0 Å². The lowest BCUT2D eigenvalue weighted by Gasteiger charge is -2.21. The Hall–Kier alpha value is -7.37. The van der Waals surface area contributed by atoms with E-state index in [4.69, 9.17) is 15.0 Å². The maximum atomic E-state index is 5.54. The van der Waals surface area contributed by atoms with E-state index in [0.29, 0.717) is 17.6 Å². The predicted molar refractivity (Wildman–Crippen MR) is 242 cm³/mol. The van der Waals surface area contributed by atoms with Crippen molar-refractivity contribution in [3.63, 3.8) is 0 Å². The molecular formula is C54H39N5. The Kier molecular flexibility index (Phi) is 7.33. The van der Waals surface area contributed by atoms with Gasteiger partial charge in [-0.15, -0.1) is 0 Å². The van der Waals surface area contributed by atoms with Gasteiger partial charge in [0.15, 0.2) is 11.6 Å². The van der Waals surface area contributed by atoms with Crippen LogP contribution in [0.1, 0.15) is 37.8 Å². The summed E-state index contributed by atoms with van der Waals surface area (Å²) in [5.41, 5.74) is 13.5. The fraction of sp³-hybridized carbons (Fsp3) is 0.0926. The Labute approximate surface area is 341 Å². The third-order valence-electron chi connectivity index (χ3n) is 12.6. The minimum Gasteiger partial charge on any atom is -0.308 e. The van der Waals surface area contributed by atoms with Crippen molar-refractivity contribution in [2.24, 2.45) is 0 Å². The molecule has 2 aliphatic rings. The van der Waals surface area contributed by atoms with Crippen LogP contribution in [0.2, 0.25) is 0 Å². The number of benzene rings is 7. The summed E-state index contributed by atoms with van der Waals surface area (Å²) >= 11 is 0. The molecule has 0 spiro atoms. The van der Waals surface area contributed by atoms with Gasteiger partial charge in [-0.3, -0.25) is 4.57 Å². The smallest absolute Gasteiger partial charge is 0.238 e. The predicted octanol–water partition coefficient (Wildman–Crippen LogP) is 11.6. The van der Waals surface area contributed by atoms with E-state index >= 15 is 0 Å². The highest BCUT2D eigenvalue weighted by Crippen LogP contribution is 2.51. The first kappa shape index (κ1) is 33.7. The lowest BCUT2D eigenvalue weighted by atomic mass is 9.82. The second-order valence-electron chi connectivity index (χ2n) is 16.3. The first-order valence-electron chi connectivity index (χ1n) is 20.5. The Morgan fingerprint density at radius 1 is 0.458 bits per heavy atom. The topological polar surface area (TPSA) is 48.5 Å². The molecule has 0 aliphatic heterocycles. The molecule has 0 atom stereocenters.